The number of benzene rings is 1. The highest BCUT2D eigenvalue weighted by atomic mass is 16.5. The van der Waals surface area contributed by atoms with Gasteiger partial charge in [-0.05, 0) is 42.0 Å². The van der Waals surface area contributed by atoms with Crippen molar-refractivity contribution in [3.63, 3.8) is 0 Å². The molecule has 0 bridgehead atoms. The molecule has 1 aromatic carbocycles. The van der Waals surface area contributed by atoms with E-state index in [4.69, 9.17) is 9.84 Å². The molecule has 1 atom stereocenters. The van der Waals surface area contributed by atoms with Crippen molar-refractivity contribution in [2.45, 2.75) is 25.2 Å². The maximum absolute atomic E-state index is 10.7. The van der Waals surface area contributed by atoms with Crippen LogP contribution in [0.5, 0.6) is 5.75 Å². The second kappa shape index (κ2) is 3.93. The Balaban J connectivity index is 2.27. The highest BCUT2D eigenvalue weighted by Gasteiger charge is 2.24. The number of methoxy groups -OCH3 is 1. The summed E-state index contributed by atoms with van der Waals surface area (Å²) in [6, 6.07) is 5.94. The van der Waals surface area contributed by atoms with Gasteiger partial charge < -0.3 is 9.84 Å². The largest absolute Gasteiger partial charge is 0.497 e. The molecular formula is C12H14O3. The Morgan fingerprint density at radius 2 is 2.40 bits per heavy atom. The number of rotatable bonds is 3. The van der Waals surface area contributed by atoms with Crippen molar-refractivity contribution in [2.24, 2.45) is 0 Å². The molecule has 2 rings (SSSR count). The van der Waals surface area contributed by atoms with Gasteiger partial charge >= 0.3 is 5.97 Å². The predicted octanol–water partition coefficient (Wildman–Crippen LogP) is 2.20. The fourth-order valence-electron chi connectivity index (χ4n) is 2.22. The van der Waals surface area contributed by atoms with Gasteiger partial charge in [0.25, 0.3) is 0 Å². The van der Waals surface area contributed by atoms with Crippen molar-refractivity contribution in [3.05, 3.63) is 29.3 Å². The molecule has 0 aromatic heterocycles. The van der Waals surface area contributed by atoms with Gasteiger partial charge in [-0.2, -0.15) is 0 Å². The lowest BCUT2D eigenvalue weighted by Gasteiger charge is -2.09. The molecule has 1 unspecified atom stereocenters. The summed E-state index contributed by atoms with van der Waals surface area (Å²) in [4.78, 5) is 10.7. The van der Waals surface area contributed by atoms with Gasteiger partial charge in [-0.1, -0.05) is 6.07 Å². The molecule has 1 aliphatic rings. The number of carboxylic acid groups (broad SMARTS) is 1. The summed E-state index contributed by atoms with van der Waals surface area (Å²) < 4.78 is 5.15. The van der Waals surface area contributed by atoms with E-state index < -0.39 is 5.97 Å². The van der Waals surface area contributed by atoms with Crippen LogP contribution in [-0.4, -0.2) is 18.2 Å². The van der Waals surface area contributed by atoms with E-state index in [9.17, 15) is 4.79 Å². The van der Waals surface area contributed by atoms with Crippen LogP contribution < -0.4 is 4.74 Å². The van der Waals surface area contributed by atoms with Gasteiger partial charge in [-0.15, -0.1) is 0 Å². The number of carbonyl (C=O) groups is 1. The second-order valence-corrected chi connectivity index (χ2v) is 3.90. The Morgan fingerprint density at radius 3 is 3.07 bits per heavy atom. The zero-order valence-corrected chi connectivity index (χ0v) is 8.69. The molecule has 1 aliphatic carbocycles. The number of aryl methyl sites for hydroxylation is 1. The molecule has 15 heavy (non-hydrogen) atoms. The number of fused-ring (bicyclic) bond motifs is 1. The highest BCUT2D eigenvalue weighted by Crippen LogP contribution is 2.37. The molecule has 0 fully saturated rings. The van der Waals surface area contributed by atoms with E-state index in [0.717, 1.165) is 24.2 Å². The minimum atomic E-state index is -0.726. The fraction of sp³-hybridized carbons (Fsp3) is 0.417. The Kier molecular flexibility index (Phi) is 2.62. The first-order chi connectivity index (χ1) is 7.20. The van der Waals surface area contributed by atoms with Gasteiger partial charge in [-0.25, -0.2) is 0 Å². The predicted molar refractivity (Wildman–Crippen MR) is 56.3 cm³/mol. The van der Waals surface area contributed by atoms with E-state index in [1.807, 2.05) is 18.2 Å². The molecule has 1 aromatic rings. The van der Waals surface area contributed by atoms with Crippen LogP contribution in [-0.2, 0) is 11.2 Å². The van der Waals surface area contributed by atoms with Crippen molar-refractivity contribution >= 4 is 5.97 Å². The van der Waals surface area contributed by atoms with Gasteiger partial charge in [0.1, 0.15) is 5.75 Å². The standard InChI is InChI=1S/C12H14O3/c1-15-10-5-4-8-2-3-9(6-12(13)14)11(8)7-10/h4-5,7,9H,2-3,6H2,1H3,(H,13,14). The van der Waals surface area contributed by atoms with Crippen LogP contribution in [0.4, 0.5) is 0 Å². The Hall–Kier alpha value is -1.51. The second-order valence-electron chi connectivity index (χ2n) is 3.90. The van der Waals surface area contributed by atoms with Crippen LogP contribution in [0.15, 0.2) is 18.2 Å². The van der Waals surface area contributed by atoms with Crippen LogP contribution in [0.25, 0.3) is 0 Å². The Labute approximate surface area is 88.7 Å². The summed E-state index contributed by atoms with van der Waals surface area (Å²) in [5.74, 6) is 0.245. The van der Waals surface area contributed by atoms with Gasteiger partial charge in [-0.3, -0.25) is 4.79 Å². The summed E-state index contributed by atoms with van der Waals surface area (Å²) in [5, 5.41) is 8.79. The lowest BCUT2D eigenvalue weighted by Crippen LogP contribution is -2.03. The van der Waals surface area contributed by atoms with Crippen molar-refractivity contribution < 1.29 is 14.6 Å². The Bertz CT molecular complexity index is 384. The van der Waals surface area contributed by atoms with Gasteiger partial charge in [0, 0.05) is 0 Å². The van der Waals surface area contributed by atoms with Crippen molar-refractivity contribution in [1.82, 2.24) is 0 Å². The average molecular weight is 206 g/mol. The van der Waals surface area contributed by atoms with Crippen molar-refractivity contribution in [2.75, 3.05) is 7.11 Å². The van der Waals surface area contributed by atoms with E-state index in [-0.39, 0.29) is 12.3 Å². The maximum atomic E-state index is 10.7. The maximum Gasteiger partial charge on any atom is 0.303 e. The molecule has 3 heteroatoms. The van der Waals surface area contributed by atoms with Gasteiger partial charge in [0.05, 0.1) is 13.5 Å². The lowest BCUT2D eigenvalue weighted by molar-refractivity contribution is -0.137. The van der Waals surface area contributed by atoms with E-state index >= 15 is 0 Å². The van der Waals surface area contributed by atoms with E-state index in [2.05, 4.69) is 0 Å². The number of carboxylic acids is 1. The van der Waals surface area contributed by atoms with Crippen molar-refractivity contribution in [3.8, 4) is 5.75 Å². The minimum absolute atomic E-state index is 0.160. The normalized spacial score (nSPS) is 18.6. The number of hydrogen-bond acceptors (Lipinski definition) is 2. The molecule has 0 heterocycles. The van der Waals surface area contributed by atoms with Gasteiger partial charge in [0.15, 0.2) is 0 Å². The van der Waals surface area contributed by atoms with E-state index in [1.165, 1.54) is 5.56 Å². The summed E-state index contributed by atoms with van der Waals surface area (Å²) >= 11 is 0. The quantitative estimate of drug-likeness (QED) is 0.824. The first kappa shape index (κ1) is 10.0. The monoisotopic (exact) mass is 206 g/mol. The van der Waals surface area contributed by atoms with Gasteiger partial charge in [0.2, 0.25) is 0 Å². The van der Waals surface area contributed by atoms with Crippen LogP contribution in [0.3, 0.4) is 0 Å². The zero-order chi connectivity index (χ0) is 10.8. The molecule has 80 valence electrons. The zero-order valence-electron chi connectivity index (χ0n) is 8.69. The third-order valence-electron chi connectivity index (χ3n) is 2.98. The lowest BCUT2D eigenvalue weighted by atomic mass is 9.98. The minimum Gasteiger partial charge on any atom is -0.497 e. The SMILES string of the molecule is COc1ccc2c(c1)C(CC(=O)O)CC2. The first-order valence-corrected chi connectivity index (χ1v) is 5.09. The number of hydrogen-bond donors (Lipinski definition) is 1. The third kappa shape index (κ3) is 1.96. The molecule has 0 saturated heterocycles. The van der Waals surface area contributed by atoms with E-state index in [1.54, 1.807) is 7.11 Å². The summed E-state index contributed by atoms with van der Waals surface area (Å²) in [6.45, 7) is 0. The van der Waals surface area contributed by atoms with Crippen LogP contribution in [0.1, 0.15) is 29.9 Å². The molecule has 0 amide bonds. The third-order valence-corrected chi connectivity index (χ3v) is 2.98. The first-order valence-electron chi connectivity index (χ1n) is 5.09. The molecule has 0 saturated carbocycles. The fourth-order valence-corrected chi connectivity index (χ4v) is 2.22. The molecule has 1 N–H and O–H groups in total. The molecule has 3 nitrogen and oxygen atoms in total. The molecular weight excluding hydrogens is 192 g/mol. The number of aliphatic carboxylic acids is 1. The number of ether oxygens (including phenoxy) is 1. The van der Waals surface area contributed by atoms with Crippen LogP contribution >= 0.6 is 0 Å². The molecule has 0 radical (unpaired) electrons. The summed E-state index contributed by atoms with van der Waals surface area (Å²) in [5.41, 5.74) is 2.42. The van der Waals surface area contributed by atoms with Crippen LogP contribution in [0, 0.1) is 0 Å². The van der Waals surface area contributed by atoms with E-state index in [0.29, 0.717) is 0 Å². The molecule has 0 spiro atoms. The topological polar surface area (TPSA) is 46.5 Å². The van der Waals surface area contributed by atoms with Crippen LogP contribution in [0.2, 0.25) is 0 Å². The summed E-state index contributed by atoms with van der Waals surface area (Å²) in [6.07, 6.45) is 2.15. The Morgan fingerprint density at radius 1 is 1.60 bits per heavy atom. The highest BCUT2D eigenvalue weighted by molar-refractivity contribution is 5.68. The smallest absolute Gasteiger partial charge is 0.303 e. The average Bonchev–Trinajstić information content (AvgIpc) is 2.60. The van der Waals surface area contributed by atoms with Crippen molar-refractivity contribution in [1.29, 1.82) is 0 Å². The summed E-state index contributed by atoms with van der Waals surface area (Å²) in [7, 11) is 1.63. The molecule has 0 aliphatic heterocycles.